The van der Waals surface area contributed by atoms with Gasteiger partial charge in [0.05, 0.1) is 18.5 Å². The lowest BCUT2D eigenvalue weighted by Crippen LogP contribution is -2.32. The van der Waals surface area contributed by atoms with Crippen LogP contribution in [0.5, 0.6) is 0 Å². The van der Waals surface area contributed by atoms with E-state index in [1.165, 1.54) is 0 Å². The minimum atomic E-state index is -0.143. The van der Waals surface area contributed by atoms with E-state index in [0.717, 1.165) is 24.2 Å². The van der Waals surface area contributed by atoms with Crippen LogP contribution in [-0.4, -0.2) is 38.4 Å². The lowest BCUT2D eigenvalue weighted by molar-refractivity contribution is 0.0754. The molecule has 1 aliphatic rings. The predicted octanol–water partition coefficient (Wildman–Crippen LogP) is 0.957. The number of amides is 1. The van der Waals surface area contributed by atoms with Gasteiger partial charge in [-0.05, 0) is 6.42 Å². The fourth-order valence-electron chi connectivity index (χ4n) is 2.32. The van der Waals surface area contributed by atoms with Crippen molar-refractivity contribution in [2.45, 2.75) is 25.9 Å². The third kappa shape index (κ3) is 2.15. The second-order valence-electron chi connectivity index (χ2n) is 4.89. The van der Waals surface area contributed by atoms with Crippen LogP contribution in [0.1, 0.15) is 30.1 Å². The average Bonchev–Trinajstić information content (AvgIpc) is 3.14. The van der Waals surface area contributed by atoms with Gasteiger partial charge in [0.15, 0.2) is 0 Å². The highest BCUT2D eigenvalue weighted by molar-refractivity contribution is 5.99. The number of fused-ring (bicyclic) bond motifs is 1. The summed E-state index contributed by atoms with van der Waals surface area (Å²) in [5, 5.41) is 11.0. The molecule has 0 fully saturated rings. The maximum atomic E-state index is 12.2. The van der Waals surface area contributed by atoms with E-state index < -0.39 is 0 Å². The number of nitrogens with zero attached hydrogens (tertiary/aromatic N) is 4. The Morgan fingerprint density at radius 1 is 1.55 bits per heavy atom. The second kappa shape index (κ2) is 4.99. The zero-order chi connectivity index (χ0) is 14.1. The number of nitrogens with one attached hydrogen (secondary N) is 1. The first-order valence-electron chi connectivity index (χ1n) is 6.67. The van der Waals surface area contributed by atoms with Crippen molar-refractivity contribution in [3.63, 3.8) is 0 Å². The Balaban J connectivity index is 1.64. The maximum absolute atomic E-state index is 12.2. The van der Waals surface area contributed by atoms with Gasteiger partial charge in [-0.1, -0.05) is 12.1 Å². The number of carbonyl (C=O) groups is 1. The number of aromatic nitrogens is 3. The van der Waals surface area contributed by atoms with Crippen LogP contribution >= 0.6 is 0 Å². The smallest absolute Gasteiger partial charge is 0.256 e. The molecule has 1 unspecified atom stereocenters. The first kappa shape index (κ1) is 12.7. The third-order valence-corrected chi connectivity index (χ3v) is 3.47. The highest BCUT2D eigenvalue weighted by Gasteiger charge is 2.22. The highest BCUT2D eigenvalue weighted by Crippen LogP contribution is 2.13. The minimum Gasteiger partial charge on any atom is -0.390 e. The first-order chi connectivity index (χ1) is 9.69. The Hall–Kier alpha value is -2.31. The number of carbonyl (C=O) groups excluding carboxylic acids is 1. The van der Waals surface area contributed by atoms with Crippen molar-refractivity contribution in [1.29, 1.82) is 0 Å². The summed E-state index contributed by atoms with van der Waals surface area (Å²) in [5.41, 5.74) is 2.38. The molecule has 3 heterocycles. The standard InChI is InChI=1S/C13H17N5O2/c1-3-9-6-10(20-16-9)7-14-12(19)11-8-15-18-5-4-17(2)13(11)18/h4-5,8,10H,3,6-7H2,1-2H3,(H,14,19). The van der Waals surface area contributed by atoms with Crippen molar-refractivity contribution < 1.29 is 9.63 Å². The molecular formula is C13H17N5O2. The lowest BCUT2D eigenvalue weighted by Gasteiger charge is -2.09. The van der Waals surface area contributed by atoms with Gasteiger partial charge in [0.2, 0.25) is 0 Å². The summed E-state index contributed by atoms with van der Waals surface area (Å²) in [4.78, 5) is 17.5. The summed E-state index contributed by atoms with van der Waals surface area (Å²) < 4.78 is 3.55. The Morgan fingerprint density at radius 2 is 2.40 bits per heavy atom. The van der Waals surface area contributed by atoms with Crippen molar-refractivity contribution in [3.8, 4) is 0 Å². The maximum Gasteiger partial charge on any atom is 0.256 e. The average molecular weight is 275 g/mol. The molecule has 0 aliphatic carbocycles. The van der Waals surface area contributed by atoms with Gasteiger partial charge < -0.3 is 14.7 Å². The molecule has 1 atom stereocenters. The van der Waals surface area contributed by atoms with E-state index in [1.54, 1.807) is 10.7 Å². The van der Waals surface area contributed by atoms with Crippen molar-refractivity contribution in [2.24, 2.45) is 12.2 Å². The zero-order valence-corrected chi connectivity index (χ0v) is 11.5. The molecule has 1 aliphatic heterocycles. The van der Waals surface area contributed by atoms with Gasteiger partial charge in [-0.25, -0.2) is 4.52 Å². The van der Waals surface area contributed by atoms with Crippen LogP contribution in [0.4, 0.5) is 0 Å². The van der Waals surface area contributed by atoms with Crippen LogP contribution in [0.15, 0.2) is 23.7 Å². The van der Waals surface area contributed by atoms with Gasteiger partial charge in [0, 0.05) is 25.9 Å². The van der Waals surface area contributed by atoms with E-state index in [1.807, 2.05) is 30.9 Å². The molecule has 0 spiro atoms. The Morgan fingerprint density at radius 3 is 3.15 bits per heavy atom. The van der Waals surface area contributed by atoms with Gasteiger partial charge >= 0.3 is 0 Å². The fourth-order valence-corrected chi connectivity index (χ4v) is 2.32. The number of rotatable bonds is 4. The van der Waals surface area contributed by atoms with E-state index in [4.69, 9.17) is 4.84 Å². The fraction of sp³-hybridized carbons (Fsp3) is 0.462. The van der Waals surface area contributed by atoms with Crippen molar-refractivity contribution in [2.75, 3.05) is 6.54 Å². The number of imidazole rings is 1. The zero-order valence-electron chi connectivity index (χ0n) is 11.5. The van der Waals surface area contributed by atoms with E-state index in [0.29, 0.717) is 12.1 Å². The topological polar surface area (TPSA) is 72.9 Å². The monoisotopic (exact) mass is 275 g/mol. The summed E-state index contributed by atoms with van der Waals surface area (Å²) in [7, 11) is 1.88. The van der Waals surface area contributed by atoms with Gasteiger partial charge in [-0.2, -0.15) is 5.10 Å². The Kier molecular flexibility index (Phi) is 3.17. The molecule has 2 aromatic rings. The molecule has 0 radical (unpaired) electrons. The molecule has 106 valence electrons. The molecule has 3 rings (SSSR count). The quantitative estimate of drug-likeness (QED) is 0.903. The number of oxime groups is 1. The summed E-state index contributed by atoms with van der Waals surface area (Å²) in [6.07, 6.45) is 6.86. The van der Waals surface area contributed by atoms with E-state index in [9.17, 15) is 4.79 Å². The van der Waals surface area contributed by atoms with E-state index in [-0.39, 0.29) is 12.0 Å². The third-order valence-electron chi connectivity index (χ3n) is 3.47. The van der Waals surface area contributed by atoms with Crippen molar-refractivity contribution >= 4 is 17.3 Å². The molecule has 0 aromatic carbocycles. The molecule has 7 nitrogen and oxygen atoms in total. The Bertz CT molecular complexity index is 669. The molecular weight excluding hydrogens is 258 g/mol. The SMILES string of the molecule is CCC1=NOC(CNC(=O)c2cnn3ccn(C)c23)C1. The van der Waals surface area contributed by atoms with Crippen LogP contribution in [0, 0.1) is 0 Å². The van der Waals surface area contributed by atoms with Crippen LogP contribution in [0.3, 0.4) is 0 Å². The number of aryl methyl sites for hydroxylation is 1. The molecule has 0 saturated carbocycles. The number of hydrogen-bond donors (Lipinski definition) is 1. The molecule has 0 bridgehead atoms. The lowest BCUT2D eigenvalue weighted by atomic mass is 10.1. The molecule has 1 N–H and O–H groups in total. The normalized spacial score (nSPS) is 18.1. The highest BCUT2D eigenvalue weighted by atomic mass is 16.6. The first-order valence-corrected chi connectivity index (χ1v) is 6.67. The molecule has 0 saturated heterocycles. The van der Waals surface area contributed by atoms with E-state index in [2.05, 4.69) is 15.6 Å². The second-order valence-corrected chi connectivity index (χ2v) is 4.89. The summed E-state index contributed by atoms with van der Waals surface area (Å²) in [6.45, 7) is 2.50. The van der Waals surface area contributed by atoms with Gasteiger partial charge in [0.1, 0.15) is 17.3 Å². The molecule has 7 heteroatoms. The van der Waals surface area contributed by atoms with Crippen molar-refractivity contribution in [1.82, 2.24) is 19.5 Å². The van der Waals surface area contributed by atoms with Crippen LogP contribution in [0.25, 0.3) is 5.65 Å². The van der Waals surface area contributed by atoms with Crippen LogP contribution in [-0.2, 0) is 11.9 Å². The number of hydrogen-bond acceptors (Lipinski definition) is 4. The summed E-state index contributed by atoms with van der Waals surface area (Å²) in [6, 6.07) is 0. The van der Waals surface area contributed by atoms with Gasteiger partial charge in [-0.15, -0.1) is 0 Å². The molecule has 20 heavy (non-hydrogen) atoms. The van der Waals surface area contributed by atoms with Gasteiger partial charge in [0.25, 0.3) is 5.91 Å². The largest absolute Gasteiger partial charge is 0.390 e. The molecule has 2 aromatic heterocycles. The van der Waals surface area contributed by atoms with Crippen LogP contribution < -0.4 is 5.32 Å². The Labute approximate surface area is 116 Å². The minimum absolute atomic E-state index is 0.0617. The summed E-state index contributed by atoms with van der Waals surface area (Å²) in [5.74, 6) is -0.143. The van der Waals surface area contributed by atoms with Crippen molar-refractivity contribution in [3.05, 3.63) is 24.2 Å². The van der Waals surface area contributed by atoms with Crippen LogP contribution in [0.2, 0.25) is 0 Å². The van der Waals surface area contributed by atoms with E-state index >= 15 is 0 Å². The van der Waals surface area contributed by atoms with Gasteiger partial charge in [-0.3, -0.25) is 4.79 Å². The predicted molar refractivity (Wildman–Crippen MR) is 73.7 cm³/mol. The summed E-state index contributed by atoms with van der Waals surface area (Å²) >= 11 is 0. The molecule has 1 amide bonds.